The fraction of sp³-hybridized carbons (Fsp3) is 0.500. The Bertz CT molecular complexity index is 585. The van der Waals surface area contributed by atoms with Gasteiger partial charge >= 0.3 is 6.18 Å². The summed E-state index contributed by atoms with van der Waals surface area (Å²) >= 11 is 5.94. The topological polar surface area (TPSA) is 46.2 Å². The maximum atomic E-state index is 12.4. The largest absolute Gasteiger partial charge is 0.404 e. The average molecular weight is 330 g/mol. The summed E-state index contributed by atoms with van der Waals surface area (Å²) in [5.41, 5.74) is 0.731. The summed E-state index contributed by atoms with van der Waals surface area (Å²) in [6, 6.07) is 1.73. The van der Waals surface area contributed by atoms with Gasteiger partial charge in [0.2, 0.25) is 10.0 Å². The molecule has 0 aliphatic carbocycles. The molecule has 0 spiro atoms. The molecule has 1 atom stereocenters. The lowest BCUT2D eigenvalue weighted by Crippen LogP contribution is -2.42. The highest BCUT2D eigenvalue weighted by molar-refractivity contribution is 7.89. The highest BCUT2D eigenvalue weighted by Crippen LogP contribution is 2.27. The second kappa shape index (κ2) is 5.91. The summed E-state index contributed by atoms with van der Waals surface area (Å²) in [6.45, 7) is 4.49. The molecule has 0 radical (unpaired) electrons. The zero-order valence-electron chi connectivity index (χ0n) is 11.1. The lowest BCUT2D eigenvalue weighted by molar-refractivity contribution is -0.147. The zero-order chi connectivity index (χ0) is 15.7. The van der Waals surface area contributed by atoms with Gasteiger partial charge in [0, 0.05) is 5.02 Å². The molecule has 0 bridgehead atoms. The quantitative estimate of drug-likeness (QED) is 0.915. The van der Waals surface area contributed by atoms with Gasteiger partial charge in [0.1, 0.15) is 6.04 Å². The normalized spacial score (nSPS) is 14.6. The van der Waals surface area contributed by atoms with Crippen LogP contribution in [0.3, 0.4) is 0 Å². The first kappa shape index (κ1) is 17.3. The number of rotatable bonds is 4. The predicted octanol–water partition coefficient (Wildman–Crippen LogP) is 3.69. The second-order valence-corrected chi connectivity index (χ2v) is 6.84. The molecular weight excluding hydrogens is 315 g/mol. The third-order valence-corrected chi connectivity index (χ3v) is 4.59. The molecule has 0 saturated carbocycles. The van der Waals surface area contributed by atoms with Gasteiger partial charge in [0.15, 0.2) is 0 Å². The average Bonchev–Trinajstić information content (AvgIpc) is 2.26. The van der Waals surface area contributed by atoms with Crippen molar-refractivity contribution in [3.63, 3.8) is 0 Å². The molecule has 0 aliphatic rings. The van der Waals surface area contributed by atoms with Gasteiger partial charge in [-0.1, -0.05) is 31.5 Å². The molecule has 1 rings (SSSR count). The van der Waals surface area contributed by atoms with Crippen LogP contribution in [0.5, 0.6) is 0 Å². The van der Waals surface area contributed by atoms with Crippen LogP contribution in [0.2, 0.25) is 5.02 Å². The van der Waals surface area contributed by atoms with Crippen LogP contribution in [-0.4, -0.2) is 20.6 Å². The third kappa shape index (κ3) is 4.10. The van der Waals surface area contributed by atoms with Crippen LogP contribution in [0.1, 0.15) is 32.3 Å². The number of sulfonamides is 1. The molecule has 0 fully saturated rings. The molecule has 0 unspecified atom stereocenters. The molecule has 0 aliphatic heterocycles. The molecule has 1 aromatic rings. The van der Waals surface area contributed by atoms with E-state index in [1.54, 1.807) is 4.72 Å². The molecule has 0 aromatic heterocycles. The molecule has 3 nitrogen and oxygen atoms in total. The summed E-state index contributed by atoms with van der Waals surface area (Å²) in [4.78, 5) is -0.289. The lowest BCUT2D eigenvalue weighted by Gasteiger charge is -2.18. The molecule has 114 valence electrons. The lowest BCUT2D eigenvalue weighted by atomic mass is 10.0. The van der Waals surface area contributed by atoms with Crippen molar-refractivity contribution in [3.05, 3.63) is 28.8 Å². The Balaban J connectivity index is 3.08. The van der Waals surface area contributed by atoms with E-state index in [0.29, 0.717) is 0 Å². The van der Waals surface area contributed by atoms with E-state index >= 15 is 0 Å². The smallest absolute Gasteiger partial charge is 0.207 e. The molecule has 1 aromatic carbocycles. The second-order valence-electron chi connectivity index (χ2n) is 4.72. The van der Waals surface area contributed by atoms with Crippen LogP contribution < -0.4 is 4.72 Å². The van der Waals surface area contributed by atoms with Crippen LogP contribution >= 0.6 is 11.6 Å². The van der Waals surface area contributed by atoms with Crippen molar-refractivity contribution < 1.29 is 21.6 Å². The minimum absolute atomic E-state index is 0.0845. The van der Waals surface area contributed by atoms with Gasteiger partial charge in [-0.05, 0) is 30.5 Å². The van der Waals surface area contributed by atoms with Gasteiger partial charge in [-0.2, -0.15) is 17.9 Å². The van der Waals surface area contributed by atoms with E-state index < -0.39 is 22.2 Å². The van der Waals surface area contributed by atoms with Crippen molar-refractivity contribution in [2.24, 2.45) is 0 Å². The molecule has 0 amide bonds. The molecule has 0 heterocycles. The van der Waals surface area contributed by atoms with E-state index in [2.05, 4.69) is 0 Å². The number of hydrogen-bond donors (Lipinski definition) is 1. The van der Waals surface area contributed by atoms with Crippen LogP contribution in [0.25, 0.3) is 0 Å². The van der Waals surface area contributed by atoms with Crippen molar-refractivity contribution >= 4 is 21.6 Å². The van der Waals surface area contributed by atoms with Gasteiger partial charge in [0.25, 0.3) is 0 Å². The molecular formula is C12H15ClF3NO2S. The van der Waals surface area contributed by atoms with Gasteiger partial charge in [-0.25, -0.2) is 8.42 Å². The minimum Gasteiger partial charge on any atom is -0.207 e. The maximum Gasteiger partial charge on any atom is 0.404 e. The minimum atomic E-state index is -4.64. The predicted molar refractivity (Wildman–Crippen MR) is 71.4 cm³/mol. The van der Waals surface area contributed by atoms with Gasteiger partial charge in [-0.3, -0.25) is 0 Å². The highest BCUT2D eigenvalue weighted by Gasteiger charge is 2.38. The monoisotopic (exact) mass is 329 g/mol. The van der Waals surface area contributed by atoms with Gasteiger partial charge in [0.05, 0.1) is 4.90 Å². The van der Waals surface area contributed by atoms with Crippen molar-refractivity contribution in [2.75, 3.05) is 0 Å². The molecule has 0 saturated heterocycles. The zero-order valence-corrected chi connectivity index (χ0v) is 12.7. The first-order chi connectivity index (χ1) is 8.95. The molecule has 20 heavy (non-hydrogen) atoms. The Labute approximate surface area is 121 Å². The first-order valence-electron chi connectivity index (χ1n) is 5.83. The van der Waals surface area contributed by atoms with Crippen molar-refractivity contribution in [2.45, 2.75) is 43.8 Å². The molecule has 1 N–H and O–H groups in total. The fourth-order valence-corrected chi connectivity index (χ4v) is 3.23. The Morgan fingerprint density at radius 3 is 2.15 bits per heavy atom. The Morgan fingerprint density at radius 2 is 1.75 bits per heavy atom. The standard InChI is InChI=1S/C12H15ClF3NO2S/c1-7(2)10-5-4-9(6-11(10)13)20(18,19)17-8(3)12(14,15)16/h4-8,17H,1-3H3/t8-/m0/s1. The van der Waals surface area contributed by atoms with Gasteiger partial charge < -0.3 is 0 Å². The summed E-state index contributed by atoms with van der Waals surface area (Å²) in [5.74, 6) is 0.0845. The number of alkyl halides is 3. The summed E-state index contributed by atoms with van der Waals surface area (Å²) in [7, 11) is -4.26. The Kier molecular flexibility index (Phi) is 5.10. The van der Waals surface area contributed by atoms with E-state index in [0.717, 1.165) is 18.6 Å². The van der Waals surface area contributed by atoms with Crippen LogP contribution in [0, 0.1) is 0 Å². The number of hydrogen-bond acceptors (Lipinski definition) is 2. The van der Waals surface area contributed by atoms with Crippen LogP contribution in [0.15, 0.2) is 23.1 Å². The maximum absolute atomic E-state index is 12.4. The van der Waals surface area contributed by atoms with E-state index in [-0.39, 0.29) is 15.8 Å². The van der Waals surface area contributed by atoms with Gasteiger partial charge in [-0.15, -0.1) is 0 Å². The summed E-state index contributed by atoms with van der Waals surface area (Å²) in [6.07, 6.45) is -4.64. The van der Waals surface area contributed by atoms with E-state index in [9.17, 15) is 21.6 Å². The molecule has 8 heteroatoms. The number of benzene rings is 1. The SMILES string of the molecule is CC(C)c1ccc(S(=O)(=O)N[C@@H](C)C(F)(F)F)cc1Cl. The van der Waals surface area contributed by atoms with E-state index in [4.69, 9.17) is 11.6 Å². The summed E-state index contributed by atoms with van der Waals surface area (Å²) < 4.78 is 62.5. The van der Waals surface area contributed by atoms with Crippen molar-refractivity contribution in [1.82, 2.24) is 4.72 Å². The number of nitrogens with one attached hydrogen (secondary N) is 1. The Hall–Kier alpha value is -0.790. The van der Waals surface area contributed by atoms with Crippen LogP contribution in [0.4, 0.5) is 13.2 Å². The Morgan fingerprint density at radius 1 is 1.20 bits per heavy atom. The van der Waals surface area contributed by atoms with Crippen LogP contribution in [-0.2, 0) is 10.0 Å². The van der Waals surface area contributed by atoms with E-state index in [1.807, 2.05) is 13.8 Å². The van der Waals surface area contributed by atoms with Crippen molar-refractivity contribution in [1.29, 1.82) is 0 Å². The van der Waals surface area contributed by atoms with E-state index in [1.165, 1.54) is 12.1 Å². The van der Waals surface area contributed by atoms with Crippen molar-refractivity contribution in [3.8, 4) is 0 Å². The fourth-order valence-electron chi connectivity index (χ4n) is 1.51. The number of halogens is 4. The highest BCUT2D eigenvalue weighted by atomic mass is 35.5. The third-order valence-electron chi connectivity index (χ3n) is 2.73. The first-order valence-corrected chi connectivity index (χ1v) is 7.69. The summed E-state index contributed by atoms with van der Waals surface area (Å²) in [5, 5.41) is 0.211.